The maximum absolute atomic E-state index is 12.5. The summed E-state index contributed by atoms with van der Waals surface area (Å²) < 4.78 is 0. The molecule has 0 aliphatic heterocycles. The van der Waals surface area contributed by atoms with E-state index in [-0.39, 0.29) is 5.91 Å². The molecule has 1 aliphatic rings. The van der Waals surface area contributed by atoms with Crippen LogP contribution in [0.15, 0.2) is 24.3 Å². The monoisotopic (exact) mass is 276 g/mol. The highest BCUT2D eigenvalue weighted by Crippen LogP contribution is 2.26. The topological polar surface area (TPSA) is 44.1 Å². The average Bonchev–Trinajstić information content (AvgIpc) is 2.40. The third-order valence-corrected chi connectivity index (χ3v) is 3.84. The normalized spacial score (nSPS) is 14.5. The van der Waals surface area contributed by atoms with E-state index in [9.17, 15) is 4.79 Å². The lowest BCUT2D eigenvalue weighted by Crippen LogP contribution is -2.44. The third kappa shape index (κ3) is 3.27. The molecule has 0 N–H and O–H groups in total. The molecule has 0 radical (unpaired) electrons. The van der Waals surface area contributed by atoms with Crippen LogP contribution in [0, 0.1) is 11.3 Å². The van der Waals surface area contributed by atoms with E-state index in [1.807, 2.05) is 4.90 Å². The minimum Gasteiger partial charge on any atom is -0.336 e. The fourth-order valence-corrected chi connectivity index (χ4v) is 2.35. The number of carbonyl (C=O) groups excluding carboxylic acids is 1. The van der Waals surface area contributed by atoms with E-state index >= 15 is 0 Å². The number of alkyl halides is 1. The Morgan fingerprint density at radius 3 is 2.53 bits per heavy atom. The van der Waals surface area contributed by atoms with Crippen molar-refractivity contribution in [1.29, 1.82) is 5.26 Å². The van der Waals surface area contributed by atoms with Gasteiger partial charge < -0.3 is 4.90 Å². The third-order valence-electron chi connectivity index (χ3n) is 3.57. The zero-order chi connectivity index (χ0) is 13.7. The van der Waals surface area contributed by atoms with Crippen molar-refractivity contribution in [2.75, 3.05) is 12.4 Å². The van der Waals surface area contributed by atoms with Crippen LogP contribution in [-0.4, -0.2) is 29.3 Å². The number of amides is 1. The van der Waals surface area contributed by atoms with Crippen LogP contribution in [0.4, 0.5) is 0 Å². The van der Waals surface area contributed by atoms with Gasteiger partial charge in [0.05, 0.1) is 11.6 Å². The number of hydrogen-bond acceptors (Lipinski definition) is 2. The fourth-order valence-electron chi connectivity index (χ4n) is 2.23. The van der Waals surface area contributed by atoms with Gasteiger partial charge >= 0.3 is 0 Å². The van der Waals surface area contributed by atoms with Gasteiger partial charge in [0.25, 0.3) is 5.91 Å². The summed E-state index contributed by atoms with van der Waals surface area (Å²) in [5, 5.41) is 8.77. The van der Waals surface area contributed by atoms with E-state index < -0.39 is 0 Å². The van der Waals surface area contributed by atoms with Gasteiger partial charge in [-0.05, 0) is 49.9 Å². The van der Waals surface area contributed by atoms with Crippen LogP contribution in [0.2, 0.25) is 0 Å². The fraction of sp³-hybridized carbons (Fsp3) is 0.467. The van der Waals surface area contributed by atoms with Crippen LogP contribution in [0.25, 0.3) is 0 Å². The lowest BCUT2D eigenvalue weighted by atomic mass is 9.90. The number of rotatable bonds is 5. The van der Waals surface area contributed by atoms with Crippen molar-refractivity contribution in [2.45, 2.75) is 31.7 Å². The molecule has 0 aromatic heterocycles. The lowest BCUT2D eigenvalue weighted by Gasteiger charge is -2.37. The molecule has 0 heterocycles. The summed E-state index contributed by atoms with van der Waals surface area (Å²) in [6, 6.07) is 9.26. The van der Waals surface area contributed by atoms with E-state index in [0.29, 0.717) is 29.6 Å². The Labute approximate surface area is 118 Å². The lowest BCUT2D eigenvalue weighted by molar-refractivity contribution is 0.0581. The van der Waals surface area contributed by atoms with Gasteiger partial charge in [-0.25, -0.2) is 0 Å². The molecular weight excluding hydrogens is 260 g/mol. The van der Waals surface area contributed by atoms with E-state index in [1.54, 1.807) is 24.3 Å². The number of benzene rings is 1. The summed E-state index contributed by atoms with van der Waals surface area (Å²) in [5.41, 5.74) is 1.23. The predicted molar refractivity (Wildman–Crippen MR) is 75.2 cm³/mol. The molecule has 2 rings (SSSR count). The summed E-state index contributed by atoms with van der Waals surface area (Å²) in [5.74, 6) is 0.628. The number of halogens is 1. The molecule has 0 bridgehead atoms. The minimum absolute atomic E-state index is 0.0549. The van der Waals surface area contributed by atoms with Crippen molar-refractivity contribution in [2.24, 2.45) is 0 Å². The van der Waals surface area contributed by atoms with E-state index in [1.165, 1.54) is 6.42 Å². The van der Waals surface area contributed by atoms with Crippen LogP contribution in [0.5, 0.6) is 0 Å². The largest absolute Gasteiger partial charge is 0.336 e. The molecule has 0 saturated heterocycles. The highest BCUT2D eigenvalue weighted by atomic mass is 35.5. The van der Waals surface area contributed by atoms with Crippen molar-refractivity contribution in [1.82, 2.24) is 4.90 Å². The smallest absolute Gasteiger partial charge is 0.254 e. The molecule has 3 nitrogen and oxygen atoms in total. The summed E-state index contributed by atoms with van der Waals surface area (Å²) in [6.07, 6.45) is 4.19. The zero-order valence-electron chi connectivity index (χ0n) is 10.8. The molecular formula is C15H17ClN2O. The Kier molecular flexibility index (Phi) is 4.81. The molecule has 0 spiro atoms. The van der Waals surface area contributed by atoms with E-state index in [2.05, 4.69) is 6.07 Å². The van der Waals surface area contributed by atoms with Gasteiger partial charge in [-0.2, -0.15) is 5.26 Å². The first-order valence-corrected chi connectivity index (χ1v) is 7.17. The minimum atomic E-state index is 0.0549. The van der Waals surface area contributed by atoms with Crippen molar-refractivity contribution >= 4 is 17.5 Å². The van der Waals surface area contributed by atoms with E-state index in [4.69, 9.17) is 16.9 Å². The van der Waals surface area contributed by atoms with Crippen LogP contribution in [0.1, 0.15) is 41.6 Å². The summed E-state index contributed by atoms with van der Waals surface area (Å²) in [4.78, 5) is 14.4. The second kappa shape index (κ2) is 6.58. The van der Waals surface area contributed by atoms with Crippen LogP contribution >= 0.6 is 11.6 Å². The first-order valence-electron chi connectivity index (χ1n) is 6.63. The second-order valence-corrected chi connectivity index (χ2v) is 5.19. The maximum atomic E-state index is 12.5. The van der Waals surface area contributed by atoms with Gasteiger partial charge in [-0.1, -0.05) is 0 Å². The Balaban J connectivity index is 2.10. The predicted octanol–water partition coefficient (Wildman–Crippen LogP) is 3.18. The second-order valence-electron chi connectivity index (χ2n) is 4.81. The molecule has 1 saturated carbocycles. The van der Waals surface area contributed by atoms with Gasteiger partial charge in [-0.15, -0.1) is 11.6 Å². The van der Waals surface area contributed by atoms with Crippen molar-refractivity contribution < 1.29 is 4.79 Å². The molecule has 0 unspecified atom stereocenters. The molecule has 1 fully saturated rings. The summed E-state index contributed by atoms with van der Waals surface area (Å²) in [7, 11) is 0. The molecule has 100 valence electrons. The van der Waals surface area contributed by atoms with Crippen molar-refractivity contribution in [3.05, 3.63) is 35.4 Å². The Bertz CT molecular complexity index is 474. The summed E-state index contributed by atoms with van der Waals surface area (Å²) in [6.45, 7) is 0.715. The molecule has 19 heavy (non-hydrogen) atoms. The van der Waals surface area contributed by atoms with Crippen LogP contribution in [0.3, 0.4) is 0 Å². The van der Waals surface area contributed by atoms with Crippen LogP contribution < -0.4 is 0 Å². The Hall–Kier alpha value is -1.53. The Morgan fingerprint density at radius 1 is 1.37 bits per heavy atom. The molecule has 1 amide bonds. The first-order chi connectivity index (χ1) is 9.26. The summed E-state index contributed by atoms with van der Waals surface area (Å²) >= 11 is 5.73. The average molecular weight is 277 g/mol. The number of nitrogens with zero attached hydrogens (tertiary/aromatic N) is 2. The molecule has 4 heteroatoms. The van der Waals surface area contributed by atoms with Gasteiger partial charge in [0, 0.05) is 24.0 Å². The van der Waals surface area contributed by atoms with E-state index in [0.717, 1.165) is 19.3 Å². The standard InChI is InChI=1S/C15H17ClN2O/c16-9-2-10-18(14-3-1-4-14)15(19)13-7-5-12(11-17)6-8-13/h5-8,14H,1-4,9-10H2. The van der Waals surface area contributed by atoms with Gasteiger partial charge in [0.1, 0.15) is 0 Å². The van der Waals surface area contributed by atoms with Crippen LogP contribution in [-0.2, 0) is 0 Å². The maximum Gasteiger partial charge on any atom is 0.254 e. The van der Waals surface area contributed by atoms with Gasteiger partial charge in [-0.3, -0.25) is 4.79 Å². The quantitative estimate of drug-likeness (QED) is 0.775. The van der Waals surface area contributed by atoms with Gasteiger partial charge in [0.2, 0.25) is 0 Å². The highest BCUT2D eigenvalue weighted by Gasteiger charge is 2.28. The van der Waals surface area contributed by atoms with Crippen molar-refractivity contribution in [3.63, 3.8) is 0 Å². The number of nitriles is 1. The first kappa shape index (κ1) is 13.9. The van der Waals surface area contributed by atoms with Crippen molar-refractivity contribution in [3.8, 4) is 6.07 Å². The zero-order valence-corrected chi connectivity index (χ0v) is 11.6. The SMILES string of the molecule is N#Cc1ccc(C(=O)N(CCCCl)C2CCC2)cc1. The molecule has 1 aromatic rings. The molecule has 0 atom stereocenters. The molecule has 1 aromatic carbocycles. The molecule has 1 aliphatic carbocycles. The number of carbonyl (C=O) groups is 1. The Morgan fingerprint density at radius 2 is 2.05 bits per heavy atom. The van der Waals surface area contributed by atoms with Gasteiger partial charge in [0.15, 0.2) is 0 Å². The number of hydrogen-bond donors (Lipinski definition) is 0. The highest BCUT2D eigenvalue weighted by molar-refractivity contribution is 6.17.